The van der Waals surface area contributed by atoms with E-state index in [2.05, 4.69) is 33.1 Å². The molecule has 0 aliphatic carbocycles. The molecule has 1 fully saturated rings. The molecule has 1 unspecified atom stereocenters. The summed E-state index contributed by atoms with van der Waals surface area (Å²) in [4.78, 5) is 2.27. The molecule has 0 saturated carbocycles. The highest BCUT2D eigenvalue weighted by Crippen LogP contribution is 2.23. The molecular formula is C11H14BrFN2. The predicted octanol–water partition coefficient (Wildman–Crippen LogP) is 2.39. The molecule has 82 valence electrons. The normalized spacial score (nSPS) is 21.8. The highest BCUT2D eigenvalue weighted by molar-refractivity contribution is 9.10. The largest absolute Gasteiger partial charge is 0.369 e. The van der Waals surface area contributed by atoms with Gasteiger partial charge in [-0.25, -0.2) is 4.39 Å². The van der Waals surface area contributed by atoms with E-state index in [1.165, 1.54) is 6.07 Å². The van der Waals surface area contributed by atoms with E-state index in [9.17, 15) is 4.39 Å². The first kappa shape index (κ1) is 10.9. The molecule has 1 atom stereocenters. The molecule has 1 aromatic rings. The van der Waals surface area contributed by atoms with Gasteiger partial charge in [-0.1, -0.05) is 0 Å². The van der Waals surface area contributed by atoms with E-state index in [0.717, 1.165) is 25.3 Å². The van der Waals surface area contributed by atoms with E-state index in [1.807, 2.05) is 12.1 Å². The summed E-state index contributed by atoms with van der Waals surface area (Å²) < 4.78 is 13.6. The van der Waals surface area contributed by atoms with Crippen molar-refractivity contribution in [2.24, 2.45) is 0 Å². The van der Waals surface area contributed by atoms with Crippen LogP contribution in [-0.2, 0) is 0 Å². The van der Waals surface area contributed by atoms with Crippen molar-refractivity contribution in [2.45, 2.75) is 13.0 Å². The SMILES string of the molecule is CC1CN(c2ccc(F)c(Br)c2)CCN1. The van der Waals surface area contributed by atoms with Crippen LogP contribution >= 0.6 is 15.9 Å². The molecule has 2 rings (SSSR count). The Labute approximate surface area is 97.6 Å². The Balaban J connectivity index is 2.18. The fraction of sp³-hybridized carbons (Fsp3) is 0.455. The van der Waals surface area contributed by atoms with Crippen LogP contribution in [0.15, 0.2) is 22.7 Å². The van der Waals surface area contributed by atoms with Gasteiger partial charge in [0.05, 0.1) is 4.47 Å². The van der Waals surface area contributed by atoms with Gasteiger partial charge >= 0.3 is 0 Å². The maximum Gasteiger partial charge on any atom is 0.137 e. The smallest absolute Gasteiger partial charge is 0.137 e. The van der Waals surface area contributed by atoms with Crippen molar-refractivity contribution < 1.29 is 4.39 Å². The monoisotopic (exact) mass is 272 g/mol. The molecule has 1 aliphatic heterocycles. The van der Waals surface area contributed by atoms with Crippen LogP contribution in [-0.4, -0.2) is 25.7 Å². The lowest BCUT2D eigenvalue weighted by Gasteiger charge is -2.33. The Morgan fingerprint density at radius 3 is 3.00 bits per heavy atom. The number of nitrogens with one attached hydrogen (secondary N) is 1. The van der Waals surface area contributed by atoms with Crippen molar-refractivity contribution in [3.05, 3.63) is 28.5 Å². The Bertz CT molecular complexity index is 356. The molecule has 0 bridgehead atoms. The first-order valence-electron chi connectivity index (χ1n) is 5.10. The van der Waals surface area contributed by atoms with Gasteiger partial charge in [0.1, 0.15) is 5.82 Å². The van der Waals surface area contributed by atoms with Crippen LogP contribution in [0.25, 0.3) is 0 Å². The van der Waals surface area contributed by atoms with Crippen molar-refractivity contribution in [2.75, 3.05) is 24.5 Å². The predicted molar refractivity (Wildman–Crippen MR) is 63.8 cm³/mol. The van der Waals surface area contributed by atoms with E-state index in [1.54, 1.807) is 0 Å². The number of anilines is 1. The van der Waals surface area contributed by atoms with Crippen LogP contribution in [0.5, 0.6) is 0 Å². The summed E-state index contributed by atoms with van der Waals surface area (Å²) in [6.07, 6.45) is 0. The molecular weight excluding hydrogens is 259 g/mol. The molecule has 0 aromatic heterocycles. The van der Waals surface area contributed by atoms with Crippen molar-refractivity contribution in [1.82, 2.24) is 5.32 Å². The van der Waals surface area contributed by atoms with Gasteiger partial charge in [0.25, 0.3) is 0 Å². The quantitative estimate of drug-likeness (QED) is 0.845. The number of rotatable bonds is 1. The molecule has 0 radical (unpaired) electrons. The topological polar surface area (TPSA) is 15.3 Å². The van der Waals surface area contributed by atoms with Crippen LogP contribution in [0.3, 0.4) is 0 Å². The summed E-state index contributed by atoms with van der Waals surface area (Å²) in [6.45, 7) is 5.08. The first-order chi connectivity index (χ1) is 7.16. The summed E-state index contributed by atoms with van der Waals surface area (Å²) in [7, 11) is 0. The molecule has 4 heteroatoms. The molecule has 1 aliphatic rings. The average Bonchev–Trinajstić information content (AvgIpc) is 2.22. The van der Waals surface area contributed by atoms with E-state index in [0.29, 0.717) is 10.5 Å². The lowest BCUT2D eigenvalue weighted by atomic mass is 10.2. The average molecular weight is 273 g/mol. The van der Waals surface area contributed by atoms with Crippen LogP contribution < -0.4 is 10.2 Å². The highest BCUT2D eigenvalue weighted by Gasteiger charge is 2.16. The summed E-state index contributed by atoms with van der Waals surface area (Å²) in [5.41, 5.74) is 1.08. The number of hydrogen-bond donors (Lipinski definition) is 1. The number of piperazine rings is 1. The molecule has 0 spiro atoms. The van der Waals surface area contributed by atoms with E-state index in [4.69, 9.17) is 0 Å². The summed E-state index contributed by atoms with van der Waals surface area (Å²) in [5.74, 6) is -0.207. The second kappa shape index (κ2) is 4.49. The Kier molecular flexibility index (Phi) is 3.26. The fourth-order valence-corrected chi connectivity index (χ4v) is 2.22. The van der Waals surface area contributed by atoms with Gasteiger partial charge in [-0.2, -0.15) is 0 Å². The summed E-state index contributed by atoms with van der Waals surface area (Å²) in [5, 5.41) is 3.38. The maximum atomic E-state index is 13.1. The van der Waals surface area contributed by atoms with Gasteiger partial charge in [-0.3, -0.25) is 0 Å². The maximum absolute atomic E-state index is 13.1. The lowest BCUT2D eigenvalue weighted by molar-refractivity contribution is 0.484. The van der Waals surface area contributed by atoms with Crippen LogP contribution in [0.2, 0.25) is 0 Å². The Morgan fingerprint density at radius 2 is 2.33 bits per heavy atom. The number of nitrogens with zero attached hydrogens (tertiary/aromatic N) is 1. The second-order valence-electron chi connectivity index (χ2n) is 3.90. The van der Waals surface area contributed by atoms with E-state index in [-0.39, 0.29) is 5.82 Å². The second-order valence-corrected chi connectivity index (χ2v) is 4.75. The summed E-state index contributed by atoms with van der Waals surface area (Å²) >= 11 is 3.21. The van der Waals surface area contributed by atoms with Gasteiger partial charge in [-0.15, -0.1) is 0 Å². The van der Waals surface area contributed by atoms with Crippen LogP contribution in [0.1, 0.15) is 6.92 Å². The number of halogens is 2. The van der Waals surface area contributed by atoms with Gasteiger partial charge in [0.15, 0.2) is 0 Å². The minimum Gasteiger partial charge on any atom is -0.369 e. The minimum absolute atomic E-state index is 0.207. The number of benzene rings is 1. The molecule has 0 amide bonds. The zero-order valence-electron chi connectivity index (χ0n) is 8.63. The van der Waals surface area contributed by atoms with Gasteiger partial charge in [0, 0.05) is 31.4 Å². The van der Waals surface area contributed by atoms with Crippen molar-refractivity contribution in [1.29, 1.82) is 0 Å². The standard InChI is InChI=1S/C11H14BrFN2/c1-8-7-15(5-4-14-8)9-2-3-11(13)10(12)6-9/h2-3,6,8,14H,4-5,7H2,1H3. The van der Waals surface area contributed by atoms with E-state index < -0.39 is 0 Å². The molecule has 1 aromatic carbocycles. The van der Waals surface area contributed by atoms with Crippen molar-refractivity contribution in [3.8, 4) is 0 Å². The van der Waals surface area contributed by atoms with Gasteiger partial charge in [-0.05, 0) is 41.1 Å². The Hall–Kier alpha value is -0.610. The highest BCUT2D eigenvalue weighted by atomic mass is 79.9. The van der Waals surface area contributed by atoms with Gasteiger partial charge < -0.3 is 10.2 Å². The molecule has 1 heterocycles. The minimum atomic E-state index is -0.207. The van der Waals surface area contributed by atoms with Crippen LogP contribution in [0.4, 0.5) is 10.1 Å². The third-order valence-corrected chi connectivity index (χ3v) is 3.24. The zero-order valence-corrected chi connectivity index (χ0v) is 10.2. The lowest BCUT2D eigenvalue weighted by Crippen LogP contribution is -2.49. The van der Waals surface area contributed by atoms with Crippen molar-refractivity contribution in [3.63, 3.8) is 0 Å². The van der Waals surface area contributed by atoms with Crippen LogP contribution in [0, 0.1) is 5.82 Å². The third-order valence-electron chi connectivity index (χ3n) is 2.64. The Morgan fingerprint density at radius 1 is 1.53 bits per heavy atom. The molecule has 1 saturated heterocycles. The van der Waals surface area contributed by atoms with E-state index >= 15 is 0 Å². The van der Waals surface area contributed by atoms with Crippen molar-refractivity contribution >= 4 is 21.6 Å². The summed E-state index contributed by atoms with van der Waals surface area (Å²) in [6, 6.07) is 5.67. The fourth-order valence-electron chi connectivity index (χ4n) is 1.85. The molecule has 1 N–H and O–H groups in total. The molecule has 15 heavy (non-hydrogen) atoms. The molecule has 2 nitrogen and oxygen atoms in total. The zero-order chi connectivity index (χ0) is 10.8. The third kappa shape index (κ3) is 2.49. The van der Waals surface area contributed by atoms with Gasteiger partial charge in [0.2, 0.25) is 0 Å². The first-order valence-corrected chi connectivity index (χ1v) is 5.89. The number of hydrogen-bond acceptors (Lipinski definition) is 2.